The number of ether oxygens (including phenoxy) is 1. The lowest BCUT2D eigenvalue weighted by molar-refractivity contribution is 0.0648. The second-order valence-electron chi connectivity index (χ2n) is 3.54. The van der Waals surface area contributed by atoms with E-state index in [4.69, 9.17) is 9.84 Å². The van der Waals surface area contributed by atoms with E-state index >= 15 is 0 Å². The molecule has 0 saturated carbocycles. The monoisotopic (exact) mass is 233 g/mol. The van der Waals surface area contributed by atoms with Crippen LogP contribution in [-0.4, -0.2) is 16.2 Å². The smallest absolute Gasteiger partial charge is 0.375 e. The molecule has 0 amide bonds. The molecule has 88 valence electrons. The number of nitrogens with zero attached hydrogens (tertiary/aromatic N) is 1. The zero-order chi connectivity index (χ0) is 12.3. The maximum absolute atomic E-state index is 10.8. The van der Waals surface area contributed by atoms with Crippen molar-refractivity contribution in [3.05, 3.63) is 47.3 Å². The molecule has 2 aromatic rings. The molecule has 5 heteroatoms. The lowest BCUT2D eigenvalue weighted by atomic mass is 10.2. The molecule has 2 rings (SSSR count). The molecule has 0 saturated heterocycles. The summed E-state index contributed by atoms with van der Waals surface area (Å²) in [6.07, 6.45) is 1.35. The predicted molar refractivity (Wildman–Crippen MR) is 59.0 cm³/mol. The van der Waals surface area contributed by atoms with Gasteiger partial charge in [-0.1, -0.05) is 23.4 Å². The number of hydrogen-bond acceptors (Lipinski definition) is 4. The van der Waals surface area contributed by atoms with Gasteiger partial charge in [0, 0.05) is 0 Å². The molecule has 0 unspecified atom stereocenters. The summed E-state index contributed by atoms with van der Waals surface area (Å²) in [4.78, 5) is 10.8. The topological polar surface area (TPSA) is 72.6 Å². The standard InChI is InChI=1S/C12H11NO4/c1-8-4-2-3-5-10(8)16-7-9-6-13-17-11(9)12(14)15/h2-6H,7H2,1H3,(H,14,15). The van der Waals surface area contributed by atoms with Crippen LogP contribution in [0.25, 0.3) is 0 Å². The minimum absolute atomic E-state index is 0.121. The normalized spacial score (nSPS) is 10.2. The molecule has 1 N–H and O–H groups in total. The Balaban J connectivity index is 2.10. The Morgan fingerprint density at radius 2 is 2.24 bits per heavy atom. The van der Waals surface area contributed by atoms with Gasteiger partial charge in [-0.2, -0.15) is 0 Å². The minimum atomic E-state index is -1.15. The summed E-state index contributed by atoms with van der Waals surface area (Å²) >= 11 is 0. The van der Waals surface area contributed by atoms with Gasteiger partial charge < -0.3 is 14.4 Å². The van der Waals surface area contributed by atoms with Crippen molar-refractivity contribution in [1.29, 1.82) is 0 Å². The molecule has 0 fully saturated rings. The fourth-order valence-corrected chi connectivity index (χ4v) is 1.41. The van der Waals surface area contributed by atoms with Gasteiger partial charge in [-0.15, -0.1) is 0 Å². The zero-order valence-corrected chi connectivity index (χ0v) is 9.21. The number of para-hydroxylation sites is 1. The van der Waals surface area contributed by atoms with Crippen molar-refractivity contribution in [2.75, 3.05) is 0 Å². The average molecular weight is 233 g/mol. The second-order valence-corrected chi connectivity index (χ2v) is 3.54. The third kappa shape index (κ3) is 2.44. The van der Waals surface area contributed by atoms with Crippen LogP contribution in [0.1, 0.15) is 21.7 Å². The van der Waals surface area contributed by atoms with Crippen molar-refractivity contribution in [3.63, 3.8) is 0 Å². The highest BCUT2D eigenvalue weighted by atomic mass is 16.5. The molecule has 0 aliphatic heterocycles. The van der Waals surface area contributed by atoms with Crippen LogP contribution in [0.4, 0.5) is 0 Å². The Morgan fingerprint density at radius 1 is 1.47 bits per heavy atom. The van der Waals surface area contributed by atoms with E-state index in [9.17, 15) is 4.79 Å². The lowest BCUT2D eigenvalue weighted by Gasteiger charge is -2.07. The van der Waals surface area contributed by atoms with Crippen molar-refractivity contribution in [3.8, 4) is 5.75 Å². The van der Waals surface area contributed by atoms with Crippen LogP contribution in [0.2, 0.25) is 0 Å². The molecule has 1 aromatic carbocycles. The Kier molecular flexibility index (Phi) is 3.09. The number of carboxylic acid groups (broad SMARTS) is 1. The van der Waals surface area contributed by atoms with Crippen LogP contribution < -0.4 is 4.74 Å². The first-order valence-electron chi connectivity index (χ1n) is 5.04. The van der Waals surface area contributed by atoms with Crippen LogP contribution in [-0.2, 0) is 6.61 Å². The third-order valence-corrected chi connectivity index (χ3v) is 2.32. The summed E-state index contributed by atoms with van der Waals surface area (Å²) in [7, 11) is 0. The molecule has 5 nitrogen and oxygen atoms in total. The highest BCUT2D eigenvalue weighted by molar-refractivity contribution is 5.85. The van der Waals surface area contributed by atoms with Crippen LogP contribution >= 0.6 is 0 Å². The van der Waals surface area contributed by atoms with Gasteiger partial charge in [-0.25, -0.2) is 4.79 Å². The van der Waals surface area contributed by atoms with Crippen molar-refractivity contribution >= 4 is 5.97 Å². The molecule has 1 aromatic heterocycles. The zero-order valence-electron chi connectivity index (χ0n) is 9.21. The molecule has 0 radical (unpaired) electrons. The number of carboxylic acids is 1. The highest BCUT2D eigenvalue weighted by Gasteiger charge is 2.16. The Labute approximate surface area is 97.6 Å². The molecule has 17 heavy (non-hydrogen) atoms. The lowest BCUT2D eigenvalue weighted by Crippen LogP contribution is -2.03. The van der Waals surface area contributed by atoms with Gasteiger partial charge in [0.25, 0.3) is 5.76 Å². The number of aromatic nitrogens is 1. The third-order valence-electron chi connectivity index (χ3n) is 2.32. The van der Waals surface area contributed by atoms with Crippen molar-refractivity contribution < 1.29 is 19.2 Å². The van der Waals surface area contributed by atoms with Crippen molar-refractivity contribution in [2.24, 2.45) is 0 Å². The van der Waals surface area contributed by atoms with Gasteiger partial charge >= 0.3 is 5.97 Å². The van der Waals surface area contributed by atoms with E-state index in [1.165, 1.54) is 6.20 Å². The van der Waals surface area contributed by atoms with Gasteiger partial charge in [0.05, 0.1) is 11.8 Å². The number of carbonyl (C=O) groups is 1. The molecule has 0 atom stereocenters. The SMILES string of the molecule is Cc1ccccc1OCc1cnoc1C(=O)O. The van der Waals surface area contributed by atoms with Crippen LogP contribution in [0.5, 0.6) is 5.75 Å². The predicted octanol–water partition coefficient (Wildman–Crippen LogP) is 2.26. The van der Waals surface area contributed by atoms with E-state index in [1.54, 1.807) is 0 Å². The van der Waals surface area contributed by atoms with E-state index < -0.39 is 5.97 Å². The van der Waals surface area contributed by atoms with E-state index in [2.05, 4.69) is 9.68 Å². The quantitative estimate of drug-likeness (QED) is 0.876. The molecule has 0 aliphatic carbocycles. The first-order valence-corrected chi connectivity index (χ1v) is 5.04. The highest BCUT2D eigenvalue weighted by Crippen LogP contribution is 2.18. The number of rotatable bonds is 4. The fraction of sp³-hybridized carbons (Fsp3) is 0.167. The summed E-state index contributed by atoms with van der Waals surface area (Å²) < 4.78 is 10.1. The van der Waals surface area contributed by atoms with E-state index in [0.29, 0.717) is 11.3 Å². The second kappa shape index (κ2) is 4.69. The number of aromatic carboxylic acids is 1. The summed E-state index contributed by atoms with van der Waals surface area (Å²) in [5, 5.41) is 12.3. The Morgan fingerprint density at radius 3 is 2.94 bits per heavy atom. The minimum Gasteiger partial charge on any atom is -0.488 e. The van der Waals surface area contributed by atoms with E-state index in [-0.39, 0.29) is 12.4 Å². The van der Waals surface area contributed by atoms with Crippen LogP contribution in [0.3, 0.4) is 0 Å². The molecule has 0 aliphatic rings. The van der Waals surface area contributed by atoms with E-state index in [1.807, 2.05) is 31.2 Å². The Hall–Kier alpha value is -2.30. The molecular formula is C12H11NO4. The maximum atomic E-state index is 10.8. The first-order chi connectivity index (χ1) is 8.18. The summed E-state index contributed by atoms with van der Waals surface area (Å²) in [6, 6.07) is 7.50. The maximum Gasteiger partial charge on any atom is 0.375 e. The summed E-state index contributed by atoms with van der Waals surface area (Å²) in [5.74, 6) is -0.616. The molecular weight excluding hydrogens is 222 g/mol. The number of hydrogen-bond donors (Lipinski definition) is 1. The number of aryl methyl sites for hydroxylation is 1. The van der Waals surface area contributed by atoms with E-state index in [0.717, 1.165) is 5.56 Å². The van der Waals surface area contributed by atoms with Gasteiger partial charge in [0.2, 0.25) is 0 Å². The largest absolute Gasteiger partial charge is 0.488 e. The van der Waals surface area contributed by atoms with Gasteiger partial charge in [-0.3, -0.25) is 0 Å². The van der Waals surface area contributed by atoms with Gasteiger partial charge in [0.15, 0.2) is 0 Å². The summed E-state index contributed by atoms with van der Waals surface area (Å²) in [6.45, 7) is 2.04. The molecule has 0 spiro atoms. The summed E-state index contributed by atoms with van der Waals surface area (Å²) in [5.41, 5.74) is 1.40. The van der Waals surface area contributed by atoms with Gasteiger partial charge in [-0.05, 0) is 18.6 Å². The van der Waals surface area contributed by atoms with Crippen LogP contribution in [0, 0.1) is 6.92 Å². The average Bonchev–Trinajstić information content (AvgIpc) is 2.76. The Bertz CT molecular complexity index is 533. The fourth-order valence-electron chi connectivity index (χ4n) is 1.41. The number of benzene rings is 1. The van der Waals surface area contributed by atoms with Crippen LogP contribution in [0.15, 0.2) is 35.0 Å². The van der Waals surface area contributed by atoms with Crippen molar-refractivity contribution in [2.45, 2.75) is 13.5 Å². The van der Waals surface area contributed by atoms with Gasteiger partial charge in [0.1, 0.15) is 12.4 Å². The first kappa shape index (κ1) is 11.2. The van der Waals surface area contributed by atoms with Crippen molar-refractivity contribution in [1.82, 2.24) is 5.16 Å². The molecule has 0 bridgehead atoms. The molecule has 1 heterocycles.